The highest BCUT2D eigenvalue weighted by Gasteiger charge is 2.21. The molecule has 0 fully saturated rings. The van der Waals surface area contributed by atoms with Crippen LogP contribution in [0.1, 0.15) is 22.8 Å². The fourth-order valence-corrected chi connectivity index (χ4v) is 2.39. The standard InChI is InChI=1S/C18H17BrFNO4/c1-10-4-5-12(8-16(10)20)21-17(22)11(2)25-18(23)14-9-13(24-3)6-7-15(14)19/h4-9,11H,1-3H3,(H,21,22)/t11-/m0/s1. The van der Waals surface area contributed by atoms with Gasteiger partial charge in [-0.3, -0.25) is 4.79 Å². The number of esters is 1. The van der Waals surface area contributed by atoms with Crippen molar-refractivity contribution in [2.75, 3.05) is 12.4 Å². The summed E-state index contributed by atoms with van der Waals surface area (Å²) < 4.78 is 24.3. The third-order valence-electron chi connectivity index (χ3n) is 3.49. The lowest BCUT2D eigenvalue weighted by molar-refractivity contribution is -0.123. The topological polar surface area (TPSA) is 64.6 Å². The lowest BCUT2D eigenvalue weighted by atomic mass is 10.2. The highest BCUT2D eigenvalue weighted by Crippen LogP contribution is 2.23. The van der Waals surface area contributed by atoms with Gasteiger partial charge in [0.2, 0.25) is 0 Å². The first-order chi connectivity index (χ1) is 11.8. The first kappa shape index (κ1) is 18.9. The van der Waals surface area contributed by atoms with E-state index < -0.39 is 23.8 Å². The minimum Gasteiger partial charge on any atom is -0.497 e. The third kappa shape index (κ3) is 4.79. The van der Waals surface area contributed by atoms with E-state index in [1.165, 1.54) is 26.2 Å². The maximum absolute atomic E-state index is 13.5. The Hall–Kier alpha value is -2.41. The fraction of sp³-hybridized carbons (Fsp3) is 0.222. The van der Waals surface area contributed by atoms with Gasteiger partial charge in [-0.05, 0) is 65.7 Å². The normalized spacial score (nSPS) is 11.6. The molecule has 0 bridgehead atoms. The average molecular weight is 410 g/mol. The fourth-order valence-electron chi connectivity index (χ4n) is 1.98. The number of hydrogen-bond donors (Lipinski definition) is 1. The molecule has 5 nitrogen and oxygen atoms in total. The molecule has 0 saturated carbocycles. The quantitative estimate of drug-likeness (QED) is 0.755. The summed E-state index contributed by atoms with van der Waals surface area (Å²) in [6.07, 6.45) is -1.06. The van der Waals surface area contributed by atoms with E-state index in [9.17, 15) is 14.0 Å². The number of carbonyl (C=O) groups excluding carboxylic acids is 2. The minimum absolute atomic E-state index is 0.236. The molecule has 0 aromatic heterocycles. The van der Waals surface area contributed by atoms with Crippen molar-refractivity contribution >= 4 is 33.5 Å². The zero-order valence-corrected chi connectivity index (χ0v) is 15.5. The van der Waals surface area contributed by atoms with Gasteiger partial charge in [-0.15, -0.1) is 0 Å². The van der Waals surface area contributed by atoms with Crippen molar-refractivity contribution in [2.24, 2.45) is 0 Å². The first-order valence-corrected chi connectivity index (χ1v) is 8.22. The molecule has 0 unspecified atom stereocenters. The molecule has 2 aromatic rings. The number of amides is 1. The van der Waals surface area contributed by atoms with Crippen molar-refractivity contribution in [3.05, 3.63) is 57.8 Å². The van der Waals surface area contributed by atoms with E-state index in [1.807, 2.05) is 0 Å². The number of benzene rings is 2. The van der Waals surface area contributed by atoms with E-state index in [1.54, 1.807) is 31.2 Å². The van der Waals surface area contributed by atoms with Crippen molar-refractivity contribution in [2.45, 2.75) is 20.0 Å². The van der Waals surface area contributed by atoms with Crippen LogP contribution in [0.2, 0.25) is 0 Å². The molecule has 0 aliphatic carbocycles. The van der Waals surface area contributed by atoms with Gasteiger partial charge in [0.25, 0.3) is 5.91 Å². The van der Waals surface area contributed by atoms with E-state index in [2.05, 4.69) is 21.2 Å². The molecule has 1 atom stereocenters. The molecule has 1 amide bonds. The van der Waals surface area contributed by atoms with Crippen molar-refractivity contribution in [3.63, 3.8) is 0 Å². The van der Waals surface area contributed by atoms with Gasteiger partial charge < -0.3 is 14.8 Å². The Morgan fingerprint density at radius 3 is 2.56 bits per heavy atom. The summed E-state index contributed by atoms with van der Waals surface area (Å²) in [5.74, 6) is -1.18. The van der Waals surface area contributed by atoms with E-state index in [0.717, 1.165) is 0 Å². The van der Waals surface area contributed by atoms with Crippen LogP contribution >= 0.6 is 15.9 Å². The van der Waals surface area contributed by atoms with Crippen molar-refractivity contribution in [1.29, 1.82) is 0 Å². The van der Waals surface area contributed by atoms with Crippen LogP contribution in [-0.4, -0.2) is 25.1 Å². The number of halogens is 2. The minimum atomic E-state index is -1.06. The van der Waals surface area contributed by atoms with Crippen LogP contribution in [-0.2, 0) is 9.53 Å². The number of ether oxygens (including phenoxy) is 2. The van der Waals surface area contributed by atoms with Crippen LogP contribution in [0.3, 0.4) is 0 Å². The Morgan fingerprint density at radius 1 is 1.20 bits per heavy atom. The molecule has 2 rings (SSSR count). The van der Waals surface area contributed by atoms with Gasteiger partial charge in [-0.2, -0.15) is 0 Å². The van der Waals surface area contributed by atoms with Gasteiger partial charge in [0.1, 0.15) is 11.6 Å². The summed E-state index contributed by atoms with van der Waals surface area (Å²) in [7, 11) is 1.48. The van der Waals surface area contributed by atoms with Gasteiger partial charge in [-0.1, -0.05) is 6.07 Å². The summed E-state index contributed by atoms with van der Waals surface area (Å²) in [4.78, 5) is 24.4. The molecule has 0 aliphatic rings. The summed E-state index contributed by atoms with van der Waals surface area (Å²) in [6.45, 7) is 3.06. The summed E-state index contributed by atoms with van der Waals surface area (Å²) in [5.41, 5.74) is 0.999. The van der Waals surface area contributed by atoms with Crippen molar-refractivity contribution in [3.8, 4) is 5.75 Å². The number of methoxy groups -OCH3 is 1. The lowest BCUT2D eigenvalue weighted by Gasteiger charge is -2.15. The molecule has 25 heavy (non-hydrogen) atoms. The molecule has 0 heterocycles. The zero-order valence-electron chi connectivity index (χ0n) is 13.9. The summed E-state index contributed by atoms with van der Waals surface area (Å²) >= 11 is 3.26. The van der Waals surface area contributed by atoms with Crippen molar-refractivity contribution in [1.82, 2.24) is 0 Å². The maximum Gasteiger partial charge on any atom is 0.340 e. The predicted molar refractivity (Wildman–Crippen MR) is 95.3 cm³/mol. The Bertz CT molecular complexity index is 810. The molecule has 7 heteroatoms. The number of nitrogens with one attached hydrogen (secondary N) is 1. The number of aryl methyl sites for hydroxylation is 1. The highest BCUT2D eigenvalue weighted by molar-refractivity contribution is 9.10. The monoisotopic (exact) mass is 409 g/mol. The summed E-state index contributed by atoms with van der Waals surface area (Å²) in [5, 5.41) is 2.51. The van der Waals surface area contributed by atoms with Gasteiger partial charge >= 0.3 is 5.97 Å². The molecular formula is C18H17BrFNO4. The lowest BCUT2D eigenvalue weighted by Crippen LogP contribution is -2.30. The molecule has 0 radical (unpaired) electrons. The number of carbonyl (C=O) groups is 2. The van der Waals surface area contributed by atoms with Gasteiger partial charge in [0.05, 0.1) is 12.7 Å². The molecule has 1 N–H and O–H groups in total. The van der Waals surface area contributed by atoms with Gasteiger partial charge in [0, 0.05) is 10.2 Å². The Balaban J connectivity index is 2.05. The zero-order chi connectivity index (χ0) is 18.6. The van der Waals surface area contributed by atoms with Crippen LogP contribution in [0.15, 0.2) is 40.9 Å². The van der Waals surface area contributed by atoms with E-state index in [0.29, 0.717) is 21.5 Å². The first-order valence-electron chi connectivity index (χ1n) is 7.43. The summed E-state index contributed by atoms with van der Waals surface area (Å²) in [6, 6.07) is 9.17. The van der Waals surface area contributed by atoms with Gasteiger partial charge in [0.15, 0.2) is 6.10 Å². The molecule has 132 valence electrons. The van der Waals surface area contributed by atoms with E-state index in [-0.39, 0.29) is 5.56 Å². The van der Waals surface area contributed by atoms with Crippen LogP contribution in [0.25, 0.3) is 0 Å². The average Bonchev–Trinajstić information content (AvgIpc) is 2.58. The Kier molecular flexibility index (Phi) is 6.14. The van der Waals surface area contributed by atoms with Crippen LogP contribution < -0.4 is 10.1 Å². The van der Waals surface area contributed by atoms with E-state index in [4.69, 9.17) is 9.47 Å². The maximum atomic E-state index is 13.5. The second-order valence-electron chi connectivity index (χ2n) is 5.35. The third-order valence-corrected chi connectivity index (χ3v) is 4.18. The number of anilines is 1. The second-order valence-corrected chi connectivity index (χ2v) is 6.20. The molecule has 0 spiro atoms. The predicted octanol–water partition coefficient (Wildman–Crippen LogP) is 4.09. The van der Waals surface area contributed by atoms with Crippen LogP contribution in [0.4, 0.5) is 10.1 Å². The largest absolute Gasteiger partial charge is 0.497 e. The Morgan fingerprint density at radius 2 is 1.92 bits per heavy atom. The molecular weight excluding hydrogens is 393 g/mol. The molecule has 0 saturated heterocycles. The van der Waals surface area contributed by atoms with Gasteiger partial charge in [-0.25, -0.2) is 9.18 Å². The molecule has 2 aromatic carbocycles. The van der Waals surface area contributed by atoms with E-state index >= 15 is 0 Å². The smallest absolute Gasteiger partial charge is 0.340 e. The SMILES string of the molecule is COc1ccc(Br)c(C(=O)O[C@@H](C)C(=O)Nc2ccc(C)c(F)c2)c1. The molecule has 0 aliphatic heterocycles. The van der Waals surface area contributed by atoms with Crippen molar-refractivity contribution < 1.29 is 23.5 Å². The second kappa shape index (κ2) is 8.11. The number of hydrogen-bond acceptors (Lipinski definition) is 4. The number of rotatable bonds is 5. The Labute approximate surface area is 153 Å². The highest BCUT2D eigenvalue weighted by atomic mass is 79.9. The van der Waals surface area contributed by atoms with Crippen LogP contribution in [0, 0.1) is 12.7 Å². The van der Waals surface area contributed by atoms with Crippen LogP contribution in [0.5, 0.6) is 5.75 Å².